The van der Waals surface area contributed by atoms with E-state index in [1.54, 1.807) is 0 Å². The number of carbonyl (C=O) groups excluding carboxylic acids is 1. The summed E-state index contributed by atoms with van der Waals surface area (Å²) in [6.07, 6.45) is 3.80. The zero-order valence-corrected chi connectivity index (χ0v) is 12.4. The van der Waals surface area contributed by atoms with Crippen LogP contribution in [0.4, 0.5) is 0 Å². The van der Waals surface area contributed by atoms with Crippen molar-refractivity contribution in [2.75, 3.05) is 13.6 Å². The molecular formula is C15H16ClNOS. The van der Waals surface area contributed by atoms with Crippen molar-refractivity contribution in [3.05, 3.63) is 34.2 Å². The zero-order valence-electron chi connectivity index (χ0n) is 10.9. The number of nitrogens with zero attached hydrogens (tertiary/aromatic N) is 1. The van der Waals surface area contributed by atoms with Crippen LogP contribution in [0.3, 0.4) is 0 Å². The highest BCUT2D eigenvalue weighted by molar-refractivity contribution is 7.21. The fourth-order valence-electron chi connectivity index (χ4n) is 2.47. The molecule has 0 bridgehead atoms. The highest BCUT2D eigenvalue weighted by atomic mass is 35.5. The van der Waals surface area contributed by atoms with Crippen molar-refractivity contribution < 1.29 is 4.79 Å². The second-order valence-corrected chi connectivity index (χ2v) is 6.65. The van der Waals surface area contributed by atoms with E-state index in [0.717, 1.165) is 16.6 Å². The van der Waals surface area contributed by atoms with Crippen molar-refractivity contribution in [2.24, 2.45) is 5.92 Å². The number of thiophene rings is 1. The molecule has 1 aromatic carbocycles. The molecule has 1 aromatic heterocycles. The molecule has 1 aliphatic rings. The maximum atomic E-state index is 12.5. The summed E-state index contributed by atoms with van der Waals surface area (Å²) in [5.41, 5.74) is 0. The summed E-state index contributed by atoms with van der Waals surface area (Å²) in [7, 11) is 1.88. The average Bonchev–Trinajstić information content (AvgIpc) is 2.71. The first-order valence-electron chi connectivity index (χ1n) is 6.59. The van der Waals surface area contributed by atoms with Gasteiger partial charge in [0.05, 0.1) is 5.02 Å². The van der Waals surface area contributed by atoms with Gasteiger partial charge >= 0.3 is 0 Å². The molecule has 19 heavy (non-hydrogen) atoms. The lowest BCUT2D eigenvalue weighted by Crippen LogP contribution is -2.34. The Kier molecular flexibility index (Phi) is 3.50. The second-order valence-electron chi connectivity index (χ2n) is 5.22. The molecule has 0 N–H and O–H groups in total. The first-order chi connectivity index (χ1) is 9.16. The third-order valence-corrected chi connectivity index (χ3v) is 5.50. The van der Waals surface area contributed by atoms with Crippen molar-refractivity contribution in [3.8, 4) is 0 Å². The molecule has 3 rings (SSSR count). The first-order valence-corrected chi connectivity index (χ1v) is 7.78. The SMILES string of the molecule is CN(CC1CCC1)C(=O)c1sc2ccccc2c1Cl. The lowest BCUT2D eigenvalue weighted by molar-refractivity contribution is 0.0750. The molecule has 0 spiro atoms. The number of amides is 1. The van der Waals surface area contributed by atoms with Crippen molar-refractivity contribution >= 4 is 38.9 Å². The Bertz CT molecular complexity index is 618. The molecule has 1 saturated carbocycles. The van der Waals surface area contributed by atoms with E-state index in [4.69, 9.17) is 11.6 Å². The smallest absolute Gasteiger partial charge is 0.265 e. The standard InChI is InChI=1S/C15H16ClNOS/c1-17(9-10-5-4-6-10)15(18)14-13(16)11-7-2-3-8-12(11)19-14/h2-3,7-8,10H,4-6,9H2,1H3. The van der Waals surface area contributed by atoms with Crippen LogP contribution in [0.25, 0.3) is 10.1 Å². The molecule has 0 saturated heterocycles. The van der Waals surface area contributed by atoms with Crippen LogP contribution in [0, 0.1) is 5.92 Å². The van der Waals surface area contributed by atoms with E-state index in [2.05, 4.69) is 0 Å². The van der Waals surface area contributed by atoms with Gasteiger partial charge in [0.15, 0.2) is 0 Å². The summed E-state index contributed by atoms with van der Waals surface area (Å²) in [6.45, 7) is 0.851. The van der Waals surface area contributed by atoms with Crippen LogP contribution in [0.2, 0.25) is 5.02 Å². The highest BCUT2D eigenvalue weighted by Gasteiger charge is 2.24. The molecule has 0 unspecified atom stereocenters. The molecule has 2 nitrogen and oxygen atoms in total. The van der Waals surface area contributed by atoms with Crippen molar-refractivity contribution in [2.45, 2.75) is 19.3 Å². The molecule has 4 heteroatoms. The normalized spacial score (nSPS) is 15.5. The number of hydrogen-bond donors (Lipinski definition) is 0. The summed E-state index contributed by atoms with van der Waals surface area (Å²) >= 11 is 7.83. The van der Waals surface area contributed by atoms with E-state index < -0.39 is 0 Å². The van der Waals surface area contributed by atoms with Crippen LogP contribution in [0.5, 0.6) is 0 Å². The zero-order chi connectivity index (χ0) is 13.4. The Balaban J connectivity index is 1.86. The van der Waals surface area contributed by atoms with Gasteiger partial charge < -0.3 is 4.90 Å². The van der Waals surface area contributed by atoms with E-state index in [9.17, 15) is 4.79 Å². The number of carbonyl (C=O) groups is 1. The number of rotatable bonds is 3. The van der Waals surface area contributed by atoms with Gasteiger partial charge in [-0.3, -0.25) is 4.79 Å². The monoisotopic (exact) mass is 293 g/mol. The van der Waals surface area contributed by atoms with Crippen LogP contribution < -0.4 is 0 Å². The maximum absolute atomic E-state index is 12.5. The largest absolute Gasteiger partial charge is 0.341 e. The van der Waals surface area contributed by atoms with Gasteiger partial charge in [-0.1, -0.05) is 36.2 Å². The summed E-state index contributed by atoms with van der Waals surface area (Å²) in [5.74, 6) is 0.736. The fourth-order valence-corrected chi connectivity index (χ4v) is 3.98. The molecular weight excluding hydrogens is 278 g/mol. The molecule has 2 aromatic rings. The Labute approximate surface area is 122 Å². The number of halogens is 1. The van der Waals surface area contributed by atoms with E-state index in [1.165, 1.54) is 30.6 Å². The molecule has 1 heterocycles. The Morgan fingerprint density at radius 1 is 1.42 bits per heavy atom. The number of hydrogen-bond acceptors (Lipinski definition) is 2. The summed E-state index contributed by atoms with van der Waals surface area (Å²) < 4.78 is 1.08. The van der Waals surface area contributed by atoms with Crippen molar-refractivity contribution in [3.63, 3.8) is 0 Å². The Hall–Kier alpha value is -1.06. The van der Waals surface area contributed by atoms with Gasteiger partial charge in [0.25, 0.3) is 5.91 Å². The van der Waals surface area contributed by atoms with Crippen LogP contribution in [-0.2, 0) is 0 Å². The third-order valence-electron chi connectivity index (χ3n) is 3.83. The quantitative estimate of drug-likeness (QED) is 0.820. The van der Waals surface area contributed by atoms with E-state index in [0.29, 0.717) is 15.8 Å². The molecule has 1 amide bonds. The molecule has 1 fully saturated rings. The molecule has 0 atom stereocenters. The predicted octanol–water partition coefficient (Wildman–Crippen LogP) is 4.43. The van der Waals surface area contributed by atoms with Gasteiger partial charge in [0.1, 0.15) is 4.88 Å². The lowest BCUT2D eigenvalue weighted by atomic mass is 9.85. The third kappa shape index (κ3) is 2.37. The summed E-state index contributed by atoms with van der Waals surface area (Å²) in [5, 5.41) is 1.58. The van der Waals surface area contributed by atoms with Crippen molar-refractivity contribution in [1.29, 1.82) is 0 Å². The number of fused-ring (bicyclic) bond motifs is 1. The van der Waals surface area contributed by atoms with Gasteiger partial charge in [-0.2, -0.15) is 0 Å². The highest BCUT2D eigenvalue weighted by Crippen LogP contribution is 2.36. The molecule has 1 aliphatic carbocycles. The van der Waals surface area contributed by atoms with E-state index in [-0.39, 0.29) is 5.91 Å². The van der Waals surface area contributed by atoms with Gasteiger partial charge in [-0.25, -0.2) is 0 Å². The minimum absolute atomic E-state index is 0.0538. The lowest BCUT2D eigenvalue weighted by Gasteiger charge is -2.29. The molecule has 100 valence electrons. The Morgan fingerprint density at radius 2 is 2.16 bits per heavy atom. The van der Waals surface area contributed by atoms with Gasteiger partial charge in [0, 0.05) is 23.7 Å². The average molecular weight is 294 g/mol. The maximum Gasteiger partial charge on any atom is 0.265 e. The minimum atomic E-state index is 0.0538. The Morgan fingerprint density at radius 3 is 2.79 bits per heavy atom. The van der Waals surface area contributed by atoms with Gasteiger partial charge in [0.2, 0.25) is 0 Å². The molecule has 0 radical (unpaired) electrons. The topological polar surface area (TPSA) is 20.3 Å². The van der Waals surface area contributed by atoms with E-state index >= 15 is 0 Å². The van der Waals surface area contributed by atoms with E-state index in [1.807, 2.05) is 36.2 Å². The fraction of sp³-hybridized carbons (Fsp3) is 0.400. The van der Waals surface area contributed by atoms with Crippen LogP contribution in [0.1, 0.15) is 28.9 Å². The van der Waals surface area contributed by atoms with Crippen LogP contribution >= 0.6 is 22.9 Å². The molecule has 0 aliphatic heterocycles. The minimum Gasteiger partial charge on any atom is -0.341 e. The second kappa shape index (κ2) is 5.14. The number of benzene rings is 1. The summed E-state index contributed by atoms with van der Waals surface area (Å²) in [4.78, 5) is 15.0. The first kappa shape index (κ1) is 12.9. The van der Waals surface area contributed by atoms with Crippen molar-refractivity contribution in [1.82, 2.24) is 4.90 Å². The predicted molar refractivity (Wildman–Crippen MR) is 81.1 cm³/mol. The van der Waals surface area contributed by atoms with Crippen LogP contribution in [-0.4, -0.2) is 24.4 Å². The van der Waals surface area contributed by atoms with Gasteiger partial charge in [-0.05, 0) is 24.8 Å². The van der Waals surface area contributed by atoms with Gasteiger partial charge in [-0.15, -0.1) is 11.3 Å². The van der Waals surface area contributed by atoms with Crippen LogP contribution in [0.15, 0.2) is 24.3 Å². The summed E-state index contributed by atoms with van der Waals surface area (Å²) in [6, 6.07) is 7.90.